The van der Waals surface area contributed by atoms with Crippen LogP contribution in [0.2, 0.25) is 0 Å². The van der Waals surface area contributed by atoms with Crippen LogP contribution in [0.15, 0.2) is 22.7 Å². The fourth-order valence-electron chi connectivity index (χ4n) is 2.79. The zero-order chi connectivity index (χ0) is 14.5. The van der Waals surface area contributed by atoms with Crippen LogP contribution < -0.4 is 10.1 Å². The van der Waals surface area contributed by atoms with Gasteiger partial charge in [-0.3, -0.25) is 0 Å². The first-order valence-electron chi connectivity index (χ1n) is 7.41. The highest BCUT2D eigenvalue weighted by atomic mass is 79.9. The Balaban J connectivity index is 1.94. The lowest BCUT2D eigenvalue weighted by atomic mass is 10.1. The first-order valence-corrected chi connectivity index (χ1v) is 8.21. The van der Waals surface area contributed by atoms with E-state index in [2.05, 4.69) is 52.3 Å². The Morgan fingerprint density at radius 3 is 2.95 bits per heavy atom. The van der Waals surface area contributed by atoms with E-state index in [0.717, 1.165) is 23.2 Å². The highest BCUT2D eigenvalue weighted by Gasteiger charge is 2.20. The van der Waals surface area contributed by atoms with Crippen molar-refractivity contribution in [3.63, 3.8) is 0 Å². The van der Waals surface area contributed by atoms with E-state index < -0.39 is 0 Å². The van der Waals surface area contributed by atoms with Crippen LogP contribution in [-0.4, -0.2) is 38.2 Å². The molecule has 1 aliphatic heterocycles. The maximum absolute atomic E-state index is 6.04. The number of nitrogens with zero attached hydrogens (tertiary/aromatic N) is 1. The van der Waals surface area contributed by atoms with Gasteiger partial charge < -0.3 is 15.0 Å². The summed E-state index contributed by atoms with van der Waals surface area (Å²) in [6.07, 6.45) is 3.74. The third kappa shape index (κ3) is 3.96. The smallest absolute Gasteiger partial charge is 0.124 e. The summed E-state index contributed by atoms with van der Waals surface area (Å²) in [4.78, 5) is 2.45. The van der Waals surface area contributed by atoms with Gasteiger partial charge in [-0.2, -0.15) is 0 Å². The molecule has 1 aromatic carbocycles. The molecular weight excluding hydrogens is 316 g/mol. The van der Waals surface area contributed by atoms with Gasteiger partial charge in [0, 0.05) is 22.1 Å². The number of hydrogen-bond acceptors (Lipinski definition) is 3. The van der Waals surface area contributed by atoms with Gasteiger partial charge in [-0.1, -0.05) is 15.9 Å². The zero-order valence-corrected chi connectivity index (χ0v) is 14.2. The van der Waals surface area contributed by atoms with E-state index in [9.17, 15) is 0 Å². The minimum absolute atomic E-state index is 0.289. The Kier molecular flexibility index (Phi) is 5.87. The van der Waals surface area contributed by atoms with Gasteiger partial charge in [-0.15, -0.1) is 0 Å². The Bertz CT molecular complexity index is 438. The topological polar surface area (TPSA) is 24.5 Å². The summed E-state index contributed by atoms with van der Waals surface area (Å²) in [6, 6.07) is 7.22. The highest BCUT2D eigenvalue weighted by molar-refractivity contribution is 9.10. The summed E-state index contributed by atoms with van der Waals surface area (Å²) in [5.74, 6) is 0.996. The summed E-state index contributed by atoms with van der Waals surface area (Å²) >= 11 is 3.53. The first kappa shape index (κ1) is 15.8. The molecule has 3 nitrogen and oxygen atoms in total. The van der Waals surface area contributed by atoms with Crippen LogP contribution in [0.3, 0.4) is 0 Å². The van der Waals surface area contributed by atoms with Crippen molar-refractivity contribution in [3.8, 4) is 5.75 Å². The van der Waals surface area contributed by atoms with Crippen molar-refractivity contribution >= 4 is 15.9 Å². The SMILES string of the molecule is CNC(C)c1cc(Br)ccc1OCCC1CCCN1C. The maximum atomic E-state index is 6.04. The van der Waals surface area contributed by atoms with Crippen molar-refractivity contribution in [1.29, 1.82) is 0 Å². The molecular formula is C16H25BrN2O. The molecule has 1 aromatic rings. The van der Waals surface area contributed by atoms with Crippen molar-refractivity contribution in [1.82, 2.24) is 10.2 Å². The minimum Gasteiger partial charge on any atom is -0.493 e. The second-order valence-electron chi connectivity index (χ2n) is 5.61. The number of benzene rings is 1. The van der Waals surface area contributed by atoms with Crippen LogP contribution in [0.25, 0.3) is 0 Å². The average Bonchev–Trinajstić information content (AvgIpc) is 2.85. The predicted octanol–water partition coefficient (Wildman–Crippen LogP) is 3.59. The molecule has 1 heterocycles. The highest BCUT2D eigenvalue weighted by Crippen LogP contribution is 2.29. The van der Waals surface area contributed by atoms with Crippen LogP contribution in [0.5, 0.6) is 5.75 Å². The molecule has 112 valence electrons. The summed E-state index contributed by atoms with van der Waals surface area (Å²) < 4.78 is 7.13. The van der Waals surface area contributed by atoms with E-state index in [1.54, 1.807) is 0 Å². The van der Waals surface area contributed by atoms with Crippen LogP contribution in [-0.2, 0) is 0 Å². The van der Waals surface area contributed by atoms with Gasteiger partial charge in [-0.05, 0) is 65.0 Å². The number of halogens is 1. The van der Waals surface area contributed by atoms with Crippen molar-refractivity contribution in [2.45, 2.75) is 38.3 Å². The summed E-state index contributed by atoms with van der Waals surface area (Å²) in [7, 11) is 4.19. The van der Waals surface area contributed by atoms with Gasteiger partial charge in [0.1, 0.15) is 5.75 Å². The fraction of sp³-hybridized carbons (Fsp3) is 0.625. The number of ether oxygens (including phenoxy) is 1. The van der Waals surface area contributed by atoms with Gasteiger partial charge in [0.05, 0.1) is 6.61 Å². The van der Waals surface area contributed by atoms with E-state index in [-0.39, 0.29) is 6.04 Å². The lowest BCUT2D eigenvalue weighted by molar-refractivity contribution is 0.231. The first-order chi connectivity index (χ1) is 9.61. The van der Waals surface area contributed by atoms with Crippen molar-refractivity contribution in [2.75, 3.05) is 27.2 Å². The molecule has 1 saturated heterocycles. The molecule has 20 heavy (non-hydrogen) atoms. The molecule has 1 aliphatic rings. The van der Waals surface area contributed by atoms with Crippen molar-refractivity contribution < 1.29 is 4.74 Å². The predicted molar refractivity (Wildman–Crippen MR) is 87.4 cm³/mol. The average molecular weight is 341 g/mol. The Labute approximate surface area is 130 Å². The standard InChI is InChI=1S/C16H25BrN2O/c1-12(18-2)15-11-13(17)6-7-16(15)20-10-8-14-5-4-9-19(14)3/h6-7,11-12,14,18H,4-5,8-10H2,1-3H3. The van der Waals surface area contributed by atoms with E-state index in [4.69, 9.17) is 4.74 Å². The minimum atomic E-state index is 0.289. The molecule has 0 radical (unpaired) electrons. The quantitative estimate of drug-likeness (QED) is 0.856. The molecule has 0 aliphatic carbocycles. The van der Waals surface area contributed by atoms with Crippen LogP contribution in [0.4, 0.5) is 0 Å². The Hall–Kier alpha value is -0.580. The second kappa shape index (κ2) is 7.43. The molecule has 0 aromatic heterocycles. The van der Waals surface area contributed by atoms with Crippen LogP contribution in [0.1, 0.15) is 37.8 Å². The summed E-state index contributed by atoms with van der Waals surface area (Å²) in [5, 5.41) is 3.28. The molecule has 1 N–H and O–H groups in total. The summed E-state index contributed by atoms with van der Waals surface area (Å²) in [6.45, 7) is 4.17. The largest absolute Gasteiger partial charge is 0.493 e. The number of likely N-dealkylation sites (tertiary alicyclic amines) is 1. The van der Waals surface area contributed by atoms with E-state index >= 15 is 0 Å². The van der Waals surface area contributed by atoms with E-state index in [0.29, 0.717) is 6.04 Å². The normalized spacial score (nSPS) is 21.1. The Morgan fingerprint density at radius 2 is 2.30 bits per heavy atom. The van der Waals surface area contributed by atoms with Crippen molar-refractivity contribution in [2.24, 2.45) is 0 Å². The molecule has 2 atom stereocenters. The van der Waals surface area contributed by atoms with Gasteiger partial charge in [0.2, 0.25) is 0 Å². The lowest BCUT2D eigenvalue weighted by Crippen LogP contribution is -2.26. The van der Waals surface area contributed by atoms with Crippen LogP contribution >= 0.6 is 15.9 Å². The maximum Gasteiger partial charge on any atom is 0.124 e. The number of hydrogen-bond donors (Lipinski definition) is 1. The molecule has 0 spiro atoms. The summed E-state index contributed by atoms with van der Waals surface area (Å²) in [5.41, 5.74) is 1.21. The molecule has 4 heteroatoms. The van der Waals surface area contributed by atoms with Gasteiger partial charge in [-0.25, -0.2) is 0 Å². The number of rotatable bonds is 6. The third-order valence-corrected chi connectivity index (χ3v) is 4.74. The van der Waals surface area contributed by atoms with Crippen LogP contribution in [0, 0.1) is 0 Å². The molecule has 0 saturated carbocycles. The van der Waals surface area contributed by atoms with Gasteiger partial charge in [0.25, 0.3) is 0 Å². The fourth-order valence-corrected chi connectivity index (χ4v) is 3.17. The van der Waals surface area contributed by atoms with E-state index in [1.165, 1.54) is 24.9 Å². The second-order valence-corrected chi connectivity index (χ2v) is 6.52. The van der Waals surface area contributed by atoms with Crippen molar-refractivity contribution in [3.05, 3.63) is 28.2 Å². The molecule has 1 fully saturated rings. The molecule has 0 amide bonds. The molecule has 0 bridgehead atoms. The Morgan fingerprint density at radius 1 is 1.50 bits per heavy atom. The molecule has 2 unspecified atom stereocenters. The van der Waals surface area contributed by atoms with Gasteiger partial charge in [0.15, 0.2) is 0 Å². The monoisotopic (exact) mass is 340 g/mol. The zero-order valence-electron chi connectivity index (χ0n) is 12.7. The third-order valence-electron chi connectivity index (χ3n) is 4.25. The van der Waals surface area contributed by atoms with Gasteiger partial charge >= 0.3 is 0 Å². The molecule has 2 rings (SSSR count). The lowest BCUT2D eigenvalue weighted by Gasteiger charge is -2.21. The van der Waals surface area contributed by atoms with E-state index in [1.807, 2.05) is 13.1 Å². The number of nitrogens with one attached hydrogen (secondary N) is 1.